The molecule has 252 valence electrons. The molecule has 5 heterocycles. The molecule has 6 aromatic rings. The summed E-state index contributed by atoms with van der Waals surface area (Å²) < 4.78 is 5.20. The molecule has 0 radical (unpaired) electrons. The lowest BCUT2D eigenvalue weighted by atomic mass is 10.0. The lowest BCUT2D eigenvalue weighted by Gasteiger charge is -2.06. The first kappa shape index (κ1) is 35.6. The van der Waals surface area contributed by atoms with Gasteiger partial charge < -0.3 is 4.42 Å². The van der Waals surface area contributed by atoms with E-state index in [9.17, 15) is 0 Å². The zero-order valence-electron chi connectivity index (χ0n) is 29.8. The average Bonchev–Trinajstić information content (AvgIpc) is 3.89. The number of rotatable bonds is 4. The van der Waals surface area contributed by atoms with Crippen molar-refractivity contribution in [1.29, 1.82) is 0 Å². The monoisotopic (exact) mass is 678 g/mol. The van der Waals surface area contributed by atoms with Crippen LogP contribution < -0.4 is 0 Å². The number of hydrogen-bond donors (Lipinski definition) is 0. The molecular weight excluding hydrogens is 629 g/mol. The highest BCUT2D eigenvalue weighted by Gasteiger charge is 2.16. The molecule has 0 N–H and O–H groups in total. The van der Waals surface area contributed by atoms with E-state index in [0.29, 0.717) is 23.7 Å². The van der Waals surface area contributed by atoms with Gasteiger partial charge in [0.05, 0.1) is 16.4 Å². The van der Waals surface area contributed by atoms with Gasteiger partial charge in [0.25, 0.3) is 0 Å². The van der Waals surface area contributed by atoms with E-state index < -0.39 is 0 Å². The van der Waals surface area contributed by atoms with Crippen LogP contribution in [0.15, 0.2) is 77.3 Å². The van der Waals surface area contributed by atoms with Crippen LogP contribution in [0.5, 0.6) is 0 Å². The fraction of sp³-hybridized carbons (Fsp3) is 0.415. The van der Waals surface area contributed by atoms with Crippen molar-refractivity contribution in [3.63, 3.8) is 0 Å². The minimum Gasteiger partial charge on any atom is -0.443 e. The highest BCUT2D eigenvalue weighted by molar-refractivity contribution is 7.18. The summed E-state index contributed by atoms with van der Waals surface area (Å²) in [5.74, 6) is 2.42. The van der Waals surface area contributed by atoms with Gasteiger partial charge in [-0.1, -0.05) is 85.2 Å². The van der Waals surface area contributed by atoms with Crippen LogP contribution in [-0.4, -0.2) is 19.9 Å². The lowest BCUT2D eigenvalue weighted by Crippen LogP contribution is -1.99. The summed E-state index contributed by atoms with van der Waals surface area (Å²) in [7, 11) is 0. The van der Waals surface area contributed by atoms with E-state index in [1.807, 2.05) is 48.0 Å². The molecule has 0 fully saturated rings. The molecule has 0 spiro atoms. The van der Waals surface area contributed by atoms with E-state index in [1.165, 1.54) is 75.4 Å². The molecule has 7 heteroatoms. The highest BCUT2D eigenvalue weighted by atomic mass is 32.1. The molecule has 5 nitrogen and oxygen atoms in total. The summed E-state index contributed by atoms with van der Waals surface area (Å²) >= 11 is 3.73. The Morgan fingerprint density at radius 2 is 1.48 bits per heavy atom. The summed E-state index contributed by atoms with van der Waals surface area (Å²) in [4.78, 5) is 21.5. The number of aryl methyl sites for hydroxylation is 2. The number of pyridine rings is 2. The summed E-state index contributed by atoms with van der Waals surface area (Å²) in [6.45, 7) is 17.7. The van der Waals surface area contributed by atoms with Gasteiger partial charge >= 0.3 is 0 Å². The van der Waals surface area contributed by atoms with Crippen molar-refractivity contribution in [3.05, 3.63) is 110 Å². The minimum atomic E-state index is 0.541. The lowest BCUT2D eigenvalue weighted by molar-refractivity contribution is 0.601. The van der Waals surface area contributed by atoms with Gasteiger partial charge in [-0.25, -0.2) is 15.0 Å². The molecule has 0 aliphatic heterocycles. The Kier molecular flexibility index (Phi) is 12.3. The standard InChI is InChI=1S/C11H13N.C10H11NO.C10H11NS.C10H15NS/c1-8(2)10-6-9-4-3-5-12-11(9)7-10;1-7(2)8-3-4-9-10(5-8)12-6-11-9;1-7(2)9-6-8-4-3-5-11-10(8)12-9;1-7(2)10-11-8-5-3-4-6-9(8)12-10/h3-6,8H,7H2,1-2H3;2*3-7H,1-2H3;7H,3-6H2,1-2H3. The molecule has 8 rings (SSSR count). The van der Waals surface area contributed by atoms with E-state index in [1.54, 1.807) is 16.2 Å². The maximum Gasteiger partial charge on any atom is 0.181 e. The Hall–Kier alpha value is -3.68. The Balaban J connectivity index is 0.000000125. The molecule has 0 atom stereocenters. The number of benzene rings is 1. The van der Waals surface area contributed by atoms with Crippen molar-refractivity contribution >= 4 is 50.1 Å². The first-order chi connectivity index (χ1) is 23.1. The Morgan fingerprint density at radius 1 is 0.708 bits per heavy atom. The van der Waals surface area contributed by atoms with Crippen LogP contribution in [0.4, 0.5) is 0 Å². The van der Waals surface area contributed by atoms with Crippen molar-refractivity contribution < 1.29 is 4.42 Å². The van der Waals surface area contributed by atoms with Crippen LogP contribution in [0.1, 0.15) is 123 Å². The smallest absolute Gasteiger partial charge is 0.181 e. The number of thiazole rings is 1. The molecule has 0 unspecified atom stereocenters. The van der Waals surface area contributed by atoms with E-state index >= 15 is 0 Å². The Bertz CT molecular complexity index is 1880. The molecule has 1 aromatic carbocycles. The molecular formula is C41H50N4OS2. The molecule has 0 saturated carbocycles. The molecule has 5 aromatic heterocycles. The van der Waals surface area contributed by atoms with E-state index in [-0.39, 0.29) is 0 Å². The van der Waals surface area contributed by atoms with E-state index in [2.05, 4.69) is 106 Å². The largest absolute Gasteiger partial charge is 0.443 e. The van der Waals surface area contributed by atoms with Crippen molar-refractivity contribution in [2.75, 3.05) is 0 Å². The molecule has 48 heavy (non-hydrogen) atoms. The topological polar surface area (TPSA) is 64.7 Å². The fourth-order valence-corrected chi connectivity index (χ4v) is 7.73. The third-order valence-electron chi connectivity index (χ3n) is 8.64. The van der Waals surface area contributed by atoms with Crippen LogP contribution in [-0.2, 0) is 19.3 Å². The SMILES string of the molecule is CC(C)C1=Cc2cccnc2C1.CC(C)c1cc2cccnc2s1.CC(C)c1ccc2ncoc2c1.CC(C)c1nc2c(s1)CCCC2. The summed E-state index contributed by atoms with van der Waals surface area (Å²) in [6.07, 6.45) is 13.7. The van der Waals surface area contributed by atoms with Gasteiger partial charge in [0.1, 0.15) is 10.3 Å². The van der Waals surface area contributed by atoms with Gasteiger partial charge in [-0.15, -0.1) is 22.7 Å². The van der Waals surface area contributed by atoms with E-state index in [0.717, 1.165) is 22.4 Å². The van der Waals surface area contributed by atoms with Gasteiger partial charge in [0.15, 0.2) is 12.0 Å². The average molecular weight is 679 g/mol. The summed E-state index contributed by atoms with van der Waals surface area (Å²) in [5, 5.41) is 2.60. The number of thiophene rings is 1. The maximum atomic E-state index is 5.20. The fourth-order valence-electron chi connectivity index (χ4n) is 5.57. The van der Waals surface area contributed by atoms with Gasteiger partial charge in [0, 0.05) is 39.9 Å². The van der Waals surface area contributed by atoms with Crippen LogP contribution in [0.25, 0.3) is 27.4 Å². The summed E-state index contributed by atoms with van der Waals surface area (Å²) in [6, 6.07) is 16.6. The van der Waals surface area contributed by atoms with Gasteiger partial charge in [-0.05, 0) is 84.9 Å². The third kappa shape index (κ3) is 9.26. The van der Waals surface area contributed by atoms with Crippen LogP contribution in [0.2, 0.25) is 0 Å². The quantitative estimate of drug-likeness (QED) is 0.186. The Labute approximate surface area is 294 Å². The number of allylic oxidation sites excluding steroid dienone is 1. The third-order valence-corrected chi connectivity index (χ3v) is 11.5. The number of fused-ring (bicyclic) bond motifs is 4. The zero-order chi connectivity index (χ0) is 34.2. The van der Waals surface area contributed by atoms with Gasteiger partial charge in [-0.3, -0.25) is 4.98 Å². The van der Waals surface area contributed by atoms with Crippen molar-refractivity contribution in [3.8, 4) is 0 Å². The minimum absolute atomic E-state index is 0.541. The van der Waals surface area contributed by atoms with Crippen LogP contribution in [0, 0.1) is 5.92 Å². The predicted octanol–water partition coefficient (Wildman–Crippen LogP) is 12.2. The second-order valence-corrected chi connectivity index (χ2v) is 16.0. The number of oxazole rings is 1. The molecule has 2 aliphatic carbocycles. The molecule has 2 aliphatic rings. The molecule has 0 amide bonds. The van der Waals surface area contributed by atoms with Gasteiger partial charge in [0.2, 0.25) is 0 Å². The second kappa shape index (κ2) is 16.6. The summed E-state index contributed by atoms with van der Waals surface area (Å²) in [5.41, 5.74) is 8.54. The first-order valence-corrected chi connectivity index (χ1v) is 19.0. The number of aromatic nitrogens is 4. The van der Waals surface area contributed by atoms with Gasteiger partial charge in [-0.2, -0.15) is 0 Å². The molecule has 0 bridgehead atoms. The zero-order valence-corrected chi connectivity index (χ0v) is 31.4. The molecule has 0 saturated heterocycles. The Morgan fingerprint density at radius 3 is 2.17 bits per heavy atom. The van der Waals surface area contributed by atoms with E-state index in [4.69, 9.17) is 4.42 Å². The van der Waals surface area contributed by atoms with Crippen LogP contribution in [0.3, 0.4) is 0 Å². The maximum absolute atomic E-state index is 5.20. The normalized spacial score (nSPS) is 13.5. The number of hydrogen-bond acceptors (Lipinski definition) is 7. The van der Waals surface area contributed by atoms with Crippen molar-refractivity contribution in [1.82, 2.24) is 19.9 Å². The first-order valence-electron chi connectivity index (χ1n) is 17.4. The predicted molar refractivity (Wildman–Crippen MR) is 205 cm³/mol. The highest BCUT2D eigenvalue weighted by Crippen LogP contribution is 2.31. The van der Waals surface area contributed by atoms with Crippen molar-refractivity contribution in [2.24, 2.45) is 5.92 Å². The van der Waals surface area contributed by atoms with Crippen molar-refractivity contribution in [2.45, 2.75) is 105 Å². The number of nitrogens with zero attached hydrogens (tertiary/aromatic N) is 4. The van der Waals surface area contributed by atoms with Crippen LogP contribution >= 0.6 is 22.7 Å². The second-order valence-electron chi connectivity index (χ2n) is 13.8.